The van der Waals surface area contributed by atoms with Crippen molar-refractivity contribution < 1.29 is 9.00 Å². The molecule has 2 aromatic heterocycles. The number of imidazole rings is 1. The van der Waals surface area contributed by atoms with Crippen molar-refractivity contribution in [1.82, 2.24) is 19.9 Å². The number of aromatic nitrogens is 3. The lowest BCUT2D eigenvalue weighted by atomic mass is 10.3. The second kappa shape index (κ2) is 6.07. The summed E-state index contributed by atoms with van der Waals surface area (Å²) in [4.78, 5) is 20.6. The fourth-order valence-corrected chi connectivity index (χ4v) is 3.30. The third kappa shape index (κ3) is 2.62. The standard InChI is InChI=1S/C15H14N4O2S/c1-16-14(20)19-13-8-3-2-7-12(13)18-15(19)22(21)10-11-6-4-5-9-17-11/h2-9H,10H2,1H3,(H,16,20). The molecule has 2 heterocycles. The maximum Gasteiger partial charge on any atom is 0.328 e. The molecule has 0 spiro atoms. The number of hydrogen-bond acceptors (Lipinski definition) is 4. The quantitative estimate of drug-likeness (QED) is 0.801. The summed E-state index contributed by atoms with van der Waals surface area (Å²) >= 11 is 0. The minimum Gasteiger partial charge on any atom is -0.340 e. The van der Waals surface area contributed by atoms with E-state index in [1.54, 1.807) is 30.5 Å². The van der Waals surface area contributed by atoms with E-state index in [0.717, 1.165) is 0 Å². The third-order valence-electron chi connectivity index (χ3n) is 3.16. The van der Waals surface area contributed by atoms with E-state index in [9.17, 15) is 9.00 Å². The number of amides is 1. The van der Waals surface area contributed by atoms with Gasteiger partial charge in [-0.15, -0.1) is 0 Å². The van der Waals surface area contributed by atoms with Crippen LogP contribution in [0.4, 0.5) is 4.79 Å². The highest BCUT2D eigenvalue weighted by Gasteiger charge is 2.20. The maximum atomic E-state index is 12.6. The van der Waals surface area contributed by atoms with Gasteiger partial charge < -0.3 is 5.32 Å². The van der Waals surface area contributed by atoms with Gasteiger partial charge in [-0.2, -0.15) is 0 Å². The molecule has 1 aromatic carbocycles. The van der Waals surface area contributed by atoms with Crippen molar-refractivity contribution in [2.24, 2.45) is 0 Å². The number of carbonyl (C=O) groups excluding carboxylic acids is 1. The molecular formula is C15H14N4O2S. The van der Waals surface area contributed by atoms with E-state index in [4.69, 9.17) is 0 Å². The predicted octanol–water partition coefficient (Wildman–Crippen LogP) is 1.93. The minimum absolute atomic E-state index is 0.209. The Morgan fingerprint density at radius 3 is 2.73 bits per heavy atom. The Kier molecular flexibility index (Phi) is 3.97. The molecule has 1 unspecified atom stereocenters. The zero-order valence-electron chi connectivity index (χ0n) is 11.9. The van der Waals surface area contributed by atoms with E-state index in [0.29, 0.717) is 16.7 Å². The first-order valence-corrected chi connectivity index (χ1v) is 8.00. The Morgan fingerprint density at radius 2 is 2.00 bits per heavy atom. The van der Waals surface area contributed by atoms with Crippen molar-refractivity contribution in [2.75, 3.05) is 7.05 Å². The van der Waals surface area contributed by atoms with Crippen molar-refractivity contribution >= 4 is 27.9 Å². The zero-order chi connectivity index (χ0) is 15.5. The van der Waals surface area contributed by atoms with Crippen LogP contribution < -0.4 is 5.32 Å². The molecule has 112 valence electrons. The molecule has 1 N–H and O–H groups in total. The number of nitrogens with zero attached hydrogens (tertiary/aromatic N) is 3. The molecule has 3 aromatic rings. The van der Waals surface area contributed by atoms with Gasteiger partial charge >= 0.3 is 6.03 Å². The molecular weight excluding hydrogens is 300 g/mol. The van der Waals surface area contributed by atoms with E-state index < -0.39 is 10.8 Å². The molecule has 0 fully saturated rings. The maximum absolute atomic E-state index is 12.6. The average molecular weight is 314 g/mol. The van der Waals surface area contributed by atoms with Crippen molar-refractivity contribution in [1.29, 1.82) is 0 Å². The lowest BCUT2D eigenvalue weighted by molar-refractivity contribution is 0.243. The molecule has 1 atom stereocenters. The van der Waals surface area contributed by atoms with Crippen molar-refractivity contribution in [3.63, 3.8) is 0 Å². The van der Waals surface area contributed by atoms with E-state index in [1.807, 2.05) is 18.2 Å². The molecule has 0 aliphatic heterocycles. The molecule has 6 nitrogen and oxygen atoms in total. The molecule has 7 heteroatoms. The number of fused-ring (bicyclic) bond motifs is 1. The molecule has 1 amide bonds. The molecule has 3 rings (SSSR count). The van der Waals surface area contributed by atoms with E-state index in [2.05, 4.69) is 15.3 Å². The first-order chi connectivity index (χ1) is 10.7. The van der Waals surface area contributed by atoms with Gasteiger partial charge in [0.1, 0.15) is 0 Å². The van der Waals surface area contributed by atoms with Crippen molar-refractivity contribution in [2.45, 2.75) is 10.9 Å². The molecule has 0 saturated heterocycles. The summed E-state index contributed by atoms with van der Waals surface area (Å²) in [5.41, 5.74) is 1.96. The topological polar surface area (TPSA) is 76.9 Å². The van der Waals surface area contributed by atoms with E-state index in [1.165, 1.54) is 11.6 Å². The van der Waals surface area contributed by atoms with E-state index in [-0.39, 0.29) is 16.9 Å². The Hall–Kier alpha value is -2.54. The van der Waals surface area contributed by atoms with Crippen molar-refractivity contribution in [3.05, 3.63) is 54.4 Å². The second-order valence-electron chi connectivity index (χ2n) is 4.58. The van der Waals surface area contributed by atoms with Crippen LogP contribution in [-0.4, -0.2) is 31.8 Å². The van der Waals surface area contributed by atoms with Gasteiger partial charge in [0.15, 0.2) is 0 Å². The van der Waals surface area contributed by atoms with Crippen LogP contribution in [0, 0.1) is 0 Å². The highest BCUT2D eigenvalue weighted by Crippen LogP contribution is 2.19. The molecule has 0 aliphatic rings. The van der Waals surface area contributed by atoms with Crippen molar-refractivity contribution in [3.8, 4) is 0 Å². The number of pyridine rings is 1. The third-order valence-corrected chi connectivity index (χ3v) is 4.39. The first kappa shape index (κ1) is 14.4. The number of carbonyl (C=O) groups is 1. The summed E-state index contributed by atoms with van der Waals surface area (Å²) in [6.07, 6.45) is 1.65. The van der Waals surface area contributed by atoms with Gasteiger partial charge in [-0.25, -0.2) is 14.3 Å². The number of para-hydroxylation sites is 2. The summed E-state index contributed by atoms with van der Waals surface area (Å²) in [5, 5.41) is 2.78. The summed E-state index contributed by atoms with van der Waals surface area (Å²) in [6, 6.07) is 12.3. The minimum atomic E-state index is -1.47. The largest absolute Gasteiger partial charge is 0.340 e. The molecule has 0 radical (unpaired) electrons. The van der Waals surface area contributed by atoms with Crippen LogP contribution in [-0.2, 0) is 16.6 Å². The van der Waals surface area contributed by atoms with Crippen LogP contribution >= 0.6 is 0 Å². The van der Waals surface area contributed by atoms with E-state index >= 15 is 0 Å². The summed E-state index contributed by atoms with van der Waals surface area (Å²) in [7, 11) is 0.0581. The molecule has 0 aliphatic carbocycles. The van der Waals surface area contributed by atoms with Gasteiger partial charge in [0, 0.05) is 13.2 Å². The fourth-order valence-electron chi connectivity index (χ4n) is 2.15. The normalized spacial score (nSPS) is 12.2. The SMILES string of the molecule is CNC(=O)n1c(S(=O)Cc2ccccn2)nc2ccccc21. The van der Waals surface area contributed by atoms with Gasteiger partial charge in [0.05, 0.1) is 33.3 Å². The average Bonchev–Trinajstić information content (AvgIpc) is 2.94. The number of benzene rings is 1. The predicted molar refractivity (Wildman–Crippen MR) is 83.9 cm³/mol. The Balaban J connectivity index is 2.06. The van der Waals surface area contributed by atoms with Crippen LogP contribution in [0.2, 0.25) is 0 Å². The first-order valence-electron chi connectivity index (χ1n) is 6.68. The van der Waals surface area contributed by atoms with Gasteiger partial charge in [0.2, 0.25) is 5.16 Å². The second-order valence-corrected chi connectivity index (χ2v) is 5.93. The molecule has 0 saturated carbocycles. The Morgan fingerprint density at radius 1 is 1.23 bits per heavy atom. The van der Waals surface area contributed by atoms with Gasteiger partial charge in [-0.3, -0.25) is 9.19 Å². The highest BCUT2D eigenvalue weighted by molar-refractivity contribution is 7.84. The van der Waals surface area contributed by atoms with Crippen LogP contribution in [0.1, 0.15) is 5.69 Å². The van der Waals surface area contributed by atoms with Gasteiger partial charge in [-0.05, 0) is 24.3 Å². The summed E-state index contributed by atoms with van der Waals surface area (Å²) in [6.45, 7) is 0. The fraction of sp³-hybridized carbons (Fsp3) is 0.133. The zero-order valence-corrected chi connectivity index (χ0v) is 12.7. The lowest BCUT2D eigenvalue weighted by Gasteiger charge is -2.06. The number of hydrogen-bond donors (Lipinski definition) is 1. The number of rotatable bonds is 3. The van der Waals surface area contributed by atoms with Crippen LogP contribution in [0.25, 0.3) is 11.0 Å². The van der Waals surface area contributed by atoms with Gasteiger partial charge in [0.25, 0.3) is 0 Å². The smallest absolute Gasteiger partial charge is 0.328 e. The lowest BCUT2D eigenvalue weighted by Crippen LogP contribution is -2.26. The van der Waals surface area contributed by atoms with Crippen LogP contribution in [0.15, 0.2) is 53.8 Å². The Labute approximate surface area is 129 Å². The summed E-state index contributed by atoms with van der Waals surface area (Å²) < 4.78 is 14.0. The molecule has 22 heavy (non-hydrogen) atoms. The van der Waals surface area contributed by atoms with Gasteiger partial charge in [-0.1, -0.05) is 18.2 Å². The molecule has 0 bridgehead atoms. The number of nitrogens with one attached hydrogen (secondary N) is 1. The highest BCUT2D eigenvalue weighted by atomic mass is 32.2. The van der Waals surface area contributed by atoms with Crippen LogP contribution in [0.3, 0.4) is 0 Å². The Bertz CT molecular complexity index is 845. The van der Waals surface area contributed by atoms with Crippen LogP contribution in [0.5, 0.6) is 0 Å². The monoisotopic (exact) mass is 314 g/mol. The summed E-state index contributed by atoms with van der Waals surface area (Å²) in [5.74, 6) is 0.209.